The summed E-state index contributed by atoms with van der Waals surface area (Å²) in [5.41, 5.74) is 1.60. The smallest absolute Gasteiger partial charge is 0.416 e. The molecule has 1 aliphatic rings. The first-order valence-corrected chi connectivity index (χ1v) is 8.82. The van der Waals surface area contributed by atoms with Crippen molar-refractivity contribution in [3.8, 4) is 0 Å². The molecule has 1 fully saturated rings. The number of amides is 1. The minimum atomic E-state index is -4.38. The van der Waals surface area contributed by atoms with Crippen molar-refractivity contribution < 1.29 is 22.7 Å². The molecule has 0 bridgehead atoms. The quantitative estimate of drug-likeness (QED) is 0.801. The molecule has 1 amide bonds. The maximum absolute atomic E-state index is 12.7. The molecule has 0 aliphatic carbocycles. The molecule has 0 spiro atoms. The van der Waals surface area contributed by atoms with Crippen molar-refractivity contribution in [1.29, 1.82) is 0 Å². The number of benzene rings is 2. The van der Waals surface area contributed by atoms with E-state index >= 15 is 0 Å². The van der Waals surface area contributed by atoms with Crippen molar-refractivity contribution in [2.24, 2.45) is 0 Å². The van der Waals surface area contributed by atoms with Crippen LogP contribution in [-0.2, 0) is 17.3 Å². The molecule has 2 aromatic rings. The SMILES string of the molecule is O=C(Nc1ccc([C@H]2CCNC2)cc1)OCCc1cccc(C(F)(F)F)c1. The summed E-state index contributed by atoms with van der Waals surface area (Å²) in [4.78, 5) is 11.8. The van der Waals surface area contributed by atoms with Crippen molar-refractivity contribution >= 4 is 11.8 Å². The Labute approximate surface area is 155 Å². The second kappa shape index (κ2) is 8.43. The topological polar surface area (TPSA) is 50.4 Å². The Morgan fingerprint density at radius 3 is 2.63 bits per heavy atom. The molecule has 0 unspecified atom stereocenters. The number of anilines is 1. The summed E-state index contributed by atoms with van der Waals surface area (Å²) in [5.74, 6) is 0.499. The first-order chi connectivity index (χ1) is 12.9. The molecular formula is C20H21F3N2O2. The van der Waals surface area contributed by atoms with Gasteiger partial charge >= 0.3 is 12.3 Å². The third kappa shape index (κ3) is 5.47. The van der Waals surface area contributed by atoms with Crippen LogP contribution >= 0.6 is 0 Å². The lowest BCUT2D eigenvalue weighted by Gasteiger charge is -2.11. The lowest BCUT2D eigenvalue weighted by Crippen LogP contribution is -2.15. The molecule has 1 atom stereocenters. The average molecular weight is 378 g/mol. The largest absolute Gasteiger partial charge is 0.449 e. The average Bonchev–Trinajstić information content (AvgIpc) is 3.16. The van der Waals surface area contributed by atoms with Gasteiger partial charge in [0.1, 0.15) is 0 Å². The second-order valence-corrected chi connectivity index (χ2v) is 6.52. The van der Waals surface area contributed by atoms with Crippen LogP contribution in [0.3, 0.4) is 0 Å². The summed E-state index contributed by atoms with van der Waals surface area (Å²) >= 11 is 0. The molecule has 1 heterocycles. The summed E-state index contributed by atoms with van der Waals surface area (Å²) in [6.07, 6.45) is -3.69. The van der Waals surface area contributed by atoms with Crippen molar-refractivity contribution in [2.75, 3.05) is 25.0 Å². The van der Waals surface area contributed by atoms with Gasteiger partial charge in [0.15, 0.2) is 0 Å². The summed E-state index contributed by atoms with van der Waals surface area (Å²) in [6, 6.07) is 12.6. The van der Waals surface area contributed by atoms with Gasteiger partial charge in [-0.25, -0.2) is 4.79 Å². The van der Waals surface area contributed by atoms with Crippen molar-refractivity contribution in [1.82, 2.24) is 5.32 Å². The molecule has 0 radical (unpaired) electrons. The highest BCUT2D eigenvalue weighted by molar-refractivity contribution is 5.84. The van der Waals surface area contributed by atoms with Crippen LogP contribution in [0.25, 0.3) is 0 Å². The van der Waals surface area contributed by atoms with Gasteiger partial charge in [0.2, 0.25) is 0 Å². The van der Waals surface area contributed by atoms with Crippen LogP contribution in [0, 0.1) is 0 Å². The molecule has 0 saturated carbocycles. The molecule has 2 N–H and O–H groups in total. The molecule has 4 nitrogen and oxygen atoms in total. The number of hydrogen-bond donors (Lipinski definition) is 2. The van der Waals surface area contributed by atoms with Gasteiger partial charge in [0.25, 0.3) is 0 Å². The fourth-order valence-electron chi connectivity index (χ4n) is 3.10. The molecule has 1 aliphatic heterocycles. The van der Waals surface area contributed by atoms with Crippen LogP contribution in [0.2, 0.25) is 0 Å². The number of nitrogens with one attached hydrogen (secondary N) is 2. The molecule has 7 heteroatoms. The zero-order valence-electron chi connectivity index (χ0n) is 14.7. The van der Waals surface area contributed by atoms with Gasteiger partial charge in [0, 0.05) is 18.7 Å². The Morgan fingerprint density at radius 2 is 1.96 bits per heavy atom. The molecule has 3 rings (SSSR count). The fraction of sp³-hybridized carbons (Fsp3) is 0.350. The van der Waals surface area contributed by atoms with Gasteiger partial charge in [-0.15, -0.1) is 0 Å². The molecule has 1 saturated heterocycles. The highest BCUT2D eigenvalue weighted by Gasteiger charge is 2.30. The standard InChI is InChI=1S/C20H21F3N2O2/c21-20(22,23)17-3-1-2-14(12-17)9-11-27-19(26)25-18-6-4-15(5-7-18)16-8-10-24-13-16/h1-7,12,16,24H,8-11,13H2,(H,25,26)/t16-/m0/s1. The molecular weight excluding hydrogens is 357 g/mol. The fourth-order valence-corrected chi connectivity index (χ4v) is 3.10. The van der Waals surface area contributed by atoms with Crippen LogP contribution in [-0.4, -0.2) is 25.8 Å². The summed E-state index contributed by atoms with van der Waals surface area (Å²) in [7, 11) is 0. The van der Waals surface area contributed by atoms with Crippen LogP contribution in [0.4, 0.5) is 23.7 Å². The Balaban J connectivity index is 1.46. The van der Waals surface area contributed by atoms with E-state index in [0.717, 1.165) is 31.6 Å². The Hall–Kier alpha value is -2.54. The number of carbonyl (C=O) groups excluding carboxylic acids is 1. The van der Waals surface area contributed by atoms with E-state index in [1.165, 1.54) is 11.6 Å². The van der Waals surface area contributed by atoms with Crippen LogP contribution < -0.4 is 10.6 Å². The molecule has 144 valence electrons. The normalized spacial score (nSPS) is 16.9. The van der Waals surface area contributed by atoms with E-state index in [2.05, 4.69) is 10.6 Å². The first kappa shape index (κ1) is 19.2. The van der Waals surface area contributed by atoms with Crippen LogP contribution in [0.5, 0.6) is 0 Å². The van der Waals surface area contributed by atoms with Gasteiger partial charge in [-0.3, -0.25) is 5.32 Å². The number of halogens is 3. The van der Waals surface area contributed by atoms with E-state index in [4.69, 9.17) is 4.74 Å². The number of ether oxygens (including phenoxy) is 1. The maximum atomic E-state index is 12.7. The van der Waals surface area contributed by atoms with Crippen LogP contribution in [0.1, 0.15) is 29.0 Å². The maximum Gasteiger partial charge on any atom is 0.416 e. The first-order valence-electron chi connectivity index (χ1n) is 8.82. The molecule has 27 heavy (non-hydrogen) atoms. The van der Waals surface area contributed by atoms with Gasteiger partial charge in [-0.2, -0.15) is 13.2 Å². The van der Waals surface area contributed by atoms with E-state index in [9.17, 15) is 18.0 Å². The van der Waals surface area contributed by atoms with E-state index in [0.29, 0.717) is 17.2 Å². The van der Waals surface area contributed by atoms with Gasteiger partial charge in [-0.1, -0.05) is 30.3 Å². The van der Waals surface area contributed by atoms with Crippen molar-refractivity contribution in [3.63, 3.8) is 0 Å². The summed E-state index contributed by atoms with van der Waals surface area (Å²) in [5, 5.41) is 5.94. The van der Waals surface area contributed by atoms with Gasteiger partial charge in [-0.05, 0) is 48.2 Å². The number of hydrogen-bond acceptors (Lipinski definition) is 3. The van der Waals surface area contributed by atoms with E-state index in [1.807, 2.05) is 24.3 Å². The minimum Gasteiger partial charge on any atom is -0.449 e. The second-order valence-electron chi connectivity index (χ2n) is 6.52. The van der Waals surface area contributed by atoms with E-state index in [-0.39, 0.29) is 13.0 Å². The Kier molecular flexibility index (Phi) is 6.01. The highest BCUT2D eigenvalue weighted by Crippen LogP contribution is 2.29. The van der Waals surface area contributed by atoms with E-state index in [1.54, 1.807) is 6.07 Å². The lowest BCUT2D eigenvalue weighted by molar-refractivity contribution is -0.137. The third-order valence-electron chi connectivity index (χ3n) is 4.57. The number of rotatable bonds is 5. The summed E-state index contributed by atoms with van der Waals surface area (Å²) in [6.45, 7) is 1.98. The Morgan fingerprint density at radius 1 is 1.19 bits per heavy atom. The van der Waals surface area contributed by atoms with Gasteiger partial charge < -0.3 is 10.1 Å². The highest BCUT2D eigenvalue weighted by atomic mass is 19.4. The van der Waals surface area contributed by atoms with Crippen LogP contribution in [0.15, 0.2) is 48.5 Å². The zero-order chi connectivity index (χ0) is 19.3. The van der Waals surface area contributed by atoms with Crippen molar-refractivity contribution in [3.05, 3.63) is 65.2 Å². The predicted molar refractivity (Wildman–Crippen MR) is 96.8 cm³/mol. The monoisotopic (exact) mass is 378 g/mol. The minimum absolute atomic E-state index is 0.00102. The lowest BCUT2D eigenvalue weighted by atomic mass is 9.98. The van der Waals surface area contributed by atoms with Gasteiger partial charge in [0.05, 0.1) is 12.2 Å². The van der Waals surface area contributed by atoms with E-state index < -0.39 is 17.8 Å². The number of alkyl halides is 3. The predicted octanol–water partition coefficient (Wildman–Crippen LogP) is 4.57. The molecule has 0 aromatic heterocycles. The Bertz CT molecular complexity index is 770. The summed E-state index contributed by atoms with van der Waals surface area (Å²) < 4.78 is 43.1. The third-order valence-corrected chi connectivity index (χ3v) is 4.57. The number of carbonyl (C=O) groups is 1. The molecule has 2 aromatic carbocycles. The zero-order valence-corrected chi connectivity index (χ0v) is 14.7. The van der Waals surface area contributed by atoms with Crippen molar-refractivity contribution in [2.45, 2.75) is 24.9 Å².